The SMILES string of the molecule is CCOC(=O)C1(C)CCN(c2nnc(Cl)cc2C(N)=O)C1. The third-order valence-electron chi connectivity index (χ3n) is 3.55. The van der Waals surface area contributed by atoms with Crippen molar-refractivity contribution >= 4 is 29.3 Å². The summed E-state index contributed by atoms with van der Waals surface area (Å²) < 4.78 is 5.10. The molecular weight excluding hydrogens is 296 g/mol. The molecule has 1 aromatic heterocycles. The Labute approximate surface area is 127 Å². The Balaban J connectivity index is 2.26. The van der Waals surface area contributed by atoms with E-state index in [1.54, 1.807) is 11.8 Å². The summed E-state index contributed by atoms with van der Waals surface area (Å²) in [5.74, 6) is -0.540. The first-order valence-corrected chi connectivity index (χ1v) is 7.00. The molecule has 2 heterocycles. The fourth-order valence-corrected chi connectivity index (χ4v) is 2.54. The van der Waals surface area contributed by atoms with Gasteiger partial charge in [0.15, 0.2) is 11.0 Å². The molecule has 8 heteroatoms. The van der Waals surface area contributed by atoms with Gasteiger partial charge in [-0.2, -0.15) is 0 Å². The fraction of sp³-hybridized carbons (Fsp3) is 0.538. The lowest BCUT2D eigenvalue weighted by molar-refractivity contribution is -0.153. The van der Waals surface area contributed by atoms with Crippen LogP contribution >= 0.6 is 11.6 Å². The van der Waals surface area contributed by atoms with Gasteiger partial charge >= 0.3 is 5.97 Å². The molecule has 1 aliphatic rings. The van der Waals surface area contributed by atoms with Crippen LogP contribution in [0.3, 0.4) is 0 Å². The van der Waals surface area contributed by atoms with Gasteiger partial charge in [-0.25, -0.2) is 0 Å². The van der Waals surface area contributed by atoms with E-state index >= 15 is 0 Å². The van der Waals surface area contributed by atoms with Crippen LogP contribution in [0, 0.1) is 5.41 Å². The Kier molecular flexibility index (Phi) is 4.32. The molecule has 2 rings (SSSR count). The van der Waals surface area contributed by atoms with Gasteiger partial charge < -0.3 is 15.4 Å². The maximum Gasteiger partial charge on any atom is 0.313 e. The summed E-state index contributed by atoms with van der Waals surface area (Å²) in [6, 6.07) is 1.38. The van der Waals surface area contributed by atoms with Crippen molar-refractivity contribution in [3.05, 3.63) is 16.8 Å². The molecule has 1 amide bonds. The average Bonchev–Trinajstić information content (AvgIpc) is 2.83. The molecular formula is C13H17ClN4O3. The Bertz CT molecular complexity index is 581. The van der Waals surface area contributed by atoms with Crippen molar-refractivity contribution in [3.8, 4) is 0 Å². The van der Waals surface area contributed by atoms with Gasteiger partial charge in [-0.05, 0) is 26.3 Å². The van der Waals surface area contributed by atoms with Gasteiger partial charge in [0.05, 0.1) is 17.6 Å². The number of aromatic nitrogens is 2. The van der Waals surface area contributed by atoms with E-state index < -0.39 is 11.3 Å². The van der Waals surface area contributed by atoms with Gasteiger partial charge in [-0.3, -0.25) is 9.59 Å². The number of nitrogens with two attached hydrogens (primary N) is 1. The Hall–Kier alpha value is -1.89. The normalized spacial score (nSPS) is 21.4. The van der Waals surface area contributed by atoms with Crippen LogP contribution in [-0.2, 0) is 9.53 Å². The lowest BCUT2D eigenvalue weighted by Crippen LogP contribution is -2.34. The van der Waals surface area contributed by atoms with Crippen LogP contribution < -0.4 is 10.6 Å². The van der Waals surface area contributed by atoms with E-state index in [-0.39, 0.29) is 16.7 Å². The standard InChI is InChI=1S/C13H17ClN4O3/c1-3-21-12(20)13(2)4-5-18(7-13)11-8(10(15)19)6-9(14)16-17-11/h6H,3-5,7H2,1-2H3,(H2,15,19). The summed E-state index contributed by atoms with van der Waals surface area (Å²) in [4.78, 5) is 25.3. The minimum atomic E-state index is -0.633. The molecule has 1 saturated heterocycles. The number of rotatable bonds is 4. The molecule has 0 bridgehead atoms. The first-order valence-electron chi connectivity index (χ1n) is 6.62. The van der Waals surface area contributed by atoms with E-state index in [2.05, 4.69) is 10.2 Å². The van der Waals surface area contributed by atoms with Gasteiger partial charge in [-0.15, -0.1) is 10.2 Å². The van der Waals surface area contributed by atoms with Gasteiger partial charge in [0, 0.05) is 13.1 Å². The summed E-state index contributed by atoms with van der Waals surface area (Å²) in [5, 5.41) is 7.79. The number of halogens is 1. The van der Waals surface area contributed by atoms with E-state index in [1.807, 2.05) is 6.92 Å². The lowest BCUT2D eigenvalue weighted by atomic mass is 9.90. The summed E-state index contributed by atoms with van der Waals surface area (Å²) in [6.45, 7) is 4.89. The molecule has 2 N–H and O–H groups in total. The number of carbonyl (C=O) groups excluding carboxylic acids is 2. The molecule has 1 aliphatic heterocycles. The minimum Gasteiger partial charge on any atom is -0.466 e. The van der Waals surface area contributed by atoms with Gasteiger partial charge in [0.1, 0.15) is 0 Å². The molecule has 0 saturated carbocycles. The second-order valence-electron chi connectivity index (χ2n) is 5.22. The highest BCUT2D eigenvalue weighted by Crippen LogP contribution is 2.34. The Morgan fingerprint density at radius 1 is 1.52 bits per heavy atom. The molecule has 114 valence electrons. The predicted octanol–water partition coefficient (Wildman–Crippen LogP) is 1.01. The first kappa shape index (κ1) is 15.5. The van der Waals surface area contributed by atoms with Crippen LogP contribution in [0.2, 0.25) is 5.15 Å². The summed E-state index contributed by atoms with van der Waals surface area (Å²) >= 11 is 5.74. The number of primary amides is 1. The van der Waals surface area contributed by atoms with Crippen LogP contribution in [0.5, 0.6) is 0 Å². The van der Waals surface area contributed by atoms with E-state index in [4.69, 9.17) is 22.1 Å². The number of carbonyl (C=O) groups is 2. The fourth-order valence-electron chi connectivity index (χ4n) is 2.39. The number of amides is 1. The van der Waals surface area contributed by atoms with Crippen molar-refractivity contribution < 1.29 is 14.3 Å². The highest BCUT2D eigenvalue weighted by Gasteiger charge is 2.43. The third-order valence-corrected chi connectivity index (χ3v) is 3.74. The van der Waals surface area contributed by atoms with Crippen molar-refractivity contribution in [2.75, 3.05) is 24.6 Å². The van der Waals surface area contributed by atoms with Gasteiger partial charge in [0.2, 0.25) is 0 Å². The van der Waals surface area contributed by atoms with Crippen LogP contribution in [0.4, 0.5) is 5.82 Å². The zero-order valence-corrected chi connectivity index (χ0v) is 12.7. The number of hydrogen-bond acceptors (Lipinski definition) is 6. The molecule has 0 aliphatic carbocycles. The maximum atomic E-state index is 12.0. The van der Waals surface area contributed by atoms with Crippen LogP contribution in [0.15, 0.2) is 6.07 Å². The van der Waals surface area contributed by atoms with Crippen LogP contribution in [0.1, 0.15) is 30.6 Å². The molecule has 21 heavy (non-hydrogen) atoms. The number of ether oxygens (including phenoxy) is 1. The summed E-state index contributed by atoms with van der Waals surface area (Å²) in [7, 11) is 0. The highest BCUT2D eigenvalue weighted by atomic mass is 35.5. The second-order valence-corrected chi connectivity index (χ2v) is 5.61. The third kappa shape index (κ3) is 3.07. The van der Waals surface area contributed by atoms with Gasteiger partial charge in [-0.1, -0.05) is 11.6 Å². The monoisotopic (exact) mass is 312 g/mol. The van der Waals surface area contributed by atoms with Crippen molar-refractivity contribution in [1.29, 1.82) is 0 Å². The van der Waals surface area contributed by atoms with Crippen LogP contribution in [-0.4, -0.2) is 41.8 Å². The largest absolute Gasteiger partial charge is 0.466 e. The molecule has 0 radical (unpaired) electrons. The smallest absolute Gasteiger partial charge is 0.313 e. The van der Waals surface area contributed by atoms with Crippen molar-refractivity contribution in [2.24, 2.45) is 11.1 Å². The molecule has 0 spiro atoms. The second kappa shape index (κ2) is 5.85. The Morgan fingerprint density at radius 3 is 2.86 bits per heavy atom. The van der Waals surface area contributed by atoms with Crippen LogP contribution in [0.25, 0.3) is 0 Å². The molecule has 1 unspecified atom stereocenters. The molecule has 7 nitrogen and oxygen atoms in total. The van der Waals surface area contributed by atoms with E-state index in [1.165, 1.54) is 6.07 Å². The zero-order valence-electron chi connectivity index (χ0n) is 11.9. The van der Waals surface area contributed by atoms with Crippen molar-refractivity contribution in [3.63, 3.8) is 0 Å². The molecule has 1 aromatic rings. The first-order chi connectivity index (χ1) is 9.87. The molecule has 0 aromatic carbocycles. The van der Waals surface area contributed by atoms with E-state index in [0.717, 1.165) is 0 Å². The number of anilines is 1. The zero-order chi connectivity index (χ0) is 15.6. The Morgan fingerprint density at radius 2 is 2.24 bits per heavy atom. The minimum absolute atomic E-state index is 0.0971. The quantitative estimate of drug-likeness (QED) is 0.833. The van der Waals surface area contributed by atoms with E-state index in [9.17, 15) is 9.59 Å². The average molecular weight is 313 g/mol. The predicted molar refractivity (Wildman–Crippen MR) is 77.1 cm³/mol. The number of nitrogens with zero attached hydrogens (tertiary/aromatic N) is 3. The van der Waals surface area contributed by atoms with Crippen molar-refractivity contribution in [1.82, 2.24) is 10.2 Å². The van der Waals surface area contributed by atoms with Gasteiger partial charge in [0.25, 0.3) is 5.91 Å². The lowest BCUT2D eigenvalue weighted by Gasteiger charge is -2.23. The highest BCUT2D eigenvalue weighted by molar-refractivity contribution is 6.29. The van der Waals surface area contributed by atoms with E-state index in [0.29, 0.717) is 31.9 Å². The topological polar surface area (TPSA) is 98.4 Å². The number of esters is 1. The molecule has 1 fully saturated rings. The van der Waals surface area contributed by atoms with Crippen molar-refractivity contribution in [2.45, 2.75) is 20.3 Å². The molecule has 1 atom stereocenters. The number of hydrogen-bond donors (Lipinski definition) is 1. The maximum absolute atomic E-state index is 12.0. The summed E-state index contributed by atoms with van der Waals surface area (Å²) in [5.41, 5.74) is 4.91. The summed E-state index contributed by atoms with van der Waals surface area (Å²) in [6.07, 6.45) is 0.605.